The molecule has 128 valence electrons. The van der Waals surface area contributed by atoms with Gasteiger partial charge in [-0.25, -0.2) is 9.97 Å². The predicted molar refractivity (Wildman–Crippen MR) is 101 cm³/mol. The molecular formula is C18H29BrN4. The molecule has 1 aliphatic carbocycles. The van der Waals surface area contributed by atoms with E-state index in [0.29, 0.717) is 6.04 Å². The summed E-state index contributed by atoms with van der Waals surface area (Å²) in [7, 11) is 4.30. The van der Waals surface area contributed by atoms with Crippen molar-refractivity contribution in [1.29, 1.82) is 0 Å². The van der Waals surface area contributed by atoms with Crippen molar-refractivity contribution in [3.8, 4) is 0 Å². The van der Waals surface area contributed by atoms with Crippen LogP contribution in [0.3, 0.4) is 0 Å². The maximum Gasteiger partial charge on any atom is 0.225 e. The second-order valence-electron chi connectivity index (χ2n) is 6.68. The normalized spacial score (nSPS) is 21.4. The van der Waals surface area contributed by atoms with Crippen LogP contribution in [0.4, 0.5) is 5.95 Å². The lowest BCUT2D eigenvalue weighted by molar-refractivity contribution is 0.278. The Labute approximate surface area is 149 Å². The Balaban J connectivity index is 1.71. The molecule has 0 unspecified atom stereocenters. The topological polar surface area (TPSA) is 32.3 Å². The van der Waals surface area contributed by atoms with Crippen molar-refractivity contribution >= 4 is 21.9 Å². The van der Waals surface area contributed by atoms with E-state index in [0.717, 1.165) is 22.9 Å². The summed E-state index contributed by atoms with van der Waals surface area (Å²) in [6.07, 6.45) is 13.4. The van der Waals surface area contributed by atoms with Crippen LogP contribution in [0.5, 0.6) is 0 Å². The maximum atomic E-state index is 4.41. The lowest BCUT2D eigenvalue weighted by Gasteiger charge is -2.34. The third kappa shape index (κ3) is 5.88. The van der Waals surface area contributed by atoms with Gasteiger partial charge in [-0.15, -0.1) is 6.58 Å². The molecule has 0 radical (unpaired) electrons. The summed E-state index contributed by atoms with van der Waals surface area (Å²) in [6, 6.07) is 0.580. The molecule has 1 fully saturated rings. The molecule has 0 atom stereocenters. The van der Waals surface area contributed by atoms with Gasteiger partial charge in [0.1, 0.15) is 0 Å². The van der Waals surface area contributed by atoms with Crippen LogP contribution in [0.25, 0.3) is 0 Å². The first-order valence-corrected chi connectivity index (χ1v) is 9.39. The number of hydrogen-bond donors (Lipinski definition) is 0. The molecular weight excluding hydrogens is 352 g/mol. The summed E-state index contributed by atoms with van der Waals surface area (Å²) in [5, 5.41) is 0. The first-order valence-electron chi connectivity index (χ1n) is 8.60. The Hall–Kier alpha value is -0.940. The van der Waals surface area contributed by atoms with Gasteiger partial charge in [0.25, 0.3) is 0 Å². The van der Waals surface area contributed by atoms with Gasteiger partial charge < -0.3 is 9.80 Å². The Bertz CT molecular complexity index is 468. The van der Waals surface area contributed by atoms with Crippen molar-refractivity contribution in [2.24, 2.45) is 5.92 Å². The maximum absolute atomic E-state index is 4.41. The van der Waals surface area contributed by atoms with E-state index in [1.807, 2.05) is 18.5 Å². The van der Waals surface area contributed by atoms with Gasteiger partial charge in [-0.3, -0.25) is 0 Å². The van der Waals surface area contributed by atoms with Crippen LogP contribution >= 0.6 is 15.9 Å². The van der Waals surface area contributed by atoms with Crippen molar-refractivity contribution < 1.29 is 0 Å². The minimum absolute atomic E-state index is 0.580. The molecule has 2 rings (SSSR count). The zero-order valence-corrected chi connectivity index (χ0v) is 16.0. The molecule has 1 aromatic rings. The van der Waals surface area contributed by atoms with Gasteiger partial charge in [-0.05, 0) is 74.0 Å². The average molecular weight is 381 g/mol. The average Bonchev–Trinajstić information content (AvgIpc) is 2.56. The molecule has 23 heavy (non-hydrogen) atoms. The molecule has 0 amide bonds. The van der Waals surface area contributed by atoms with Crippen LogP contribution in [0.15, 0.2) is 29.5 Å². The highest BCUT2D eigenvalue weighted by Crippen LogP contribution is 2.31. The van der Waals surface area contributed by atoms with E-state index < -0.39 is 0 Å². The summed E-state index contributed by atoms with van der Waals surface area (Å²) in [5.74, 6) is 1.73. The van der Waals surface area contributed by atoms with Gasteiger partial charge in [0.2, 0.25) is 5.95 Å². The second kappa shape index (κ2) is 9.38. The minimum Gasteiger partial charge on any atom is -0.341 e. The number of halogens is 1. The van der Waals surface area contributed by atoms with Crippen LogP contribution < -0.4 is 4.90 Å². The highest BCUT2D eigenvalue weighted by molar-refractivity contribution is 9.10. The van der Waals surface area contributed by atoms with Gasteiger partial charge in [0, 0.05) is 32.0 Å². The van der Waals surface area contributed by atoms with Crippen LogP contribution in [-0.4, -0.2) is 48.1 Å². The quantitative estimate of drug-likeness (QED) is 0.634. The lowest BCUT2D eigenvalue weighted by Crippen LogP contribution is -2.36. The molecule has 0 spiro atoms. The summed E-state index contributed by atoms with van der Waals surface area (Å²) in [6.45, 7) is 5.96. The standard InChI is InChI=1S/C18H29BrN4/c1-4-11-22(2)12-5-6-15-7-9-17(10-8-15)23(3)18-20-13-16(19)14-21-18/h4,13-15,17H,1,5-12H2,2-3H3. The highest BCUT2D eigenvalue weighted by Gasteiger charge is 2.25. The summed E-state index contributed by atoms with van der Waals surface area (Å²) < 4.78 is 0.930. The number of rotatable bonds is 8. The first kappa shape index (κ1) is 18.4. The Morgan fingerprint density at radius 1 is 1.22 bits per heavy atom. The van der Waals surface area contributed by atoms with Gasteiger partial charge in [-0.2, -0.15) is 0 Å². The largest absolute Gasteiger partial charge is 0.341 e. The molecule has 4 nitrogen and oxygen atoms in total. The van der Waals surface area contributed by atoms with E-state index in [1.54, 1.807) is 0 Å². The number of nitrogens with zero attached hydrogens (tertiary/aromatic N) is 4. The fourth-order valence-electron chi connectivity index (χ4n) is 3.43. The highest BCUT2D eigenvalue weighted by atomic mass is 79.9. The van der Waals surface area contributed by atoms with Crippen LogP contribution in [0.2, 0.25) is 0 Å². The van der Waals surface area contributed by atoms with Crippen LogP contribution in [0.1, 0.15) is 38.5 Å². The van der Waals surface area contributed by atoms with Gasteiger partial charge in [0.05, 0.1) is 4.47 Å². The number of anilines is 1. The van der Waals surface area contributed by atoms with Crippen molar-refractivity contribution in [2.45, 2.75) is 44.6 Å². The number of likely N-dealkylation sites (N-methyl/N-ethyl adjacent to an activating group) is 1. The number of aromatic nitrogens is 2. The molecule has 0 N–H and O–H groups in total. The van der Waals surface area contributed by atoms with Crippen LogP contribution in [0, 0.1) is 5.92 Å². The van der Waals surface area contributed by atoms with Crippen molar-refractivity contribution in [3.63, 3.8) is 0 Å². The smallest absolute Gasteiger partial charge is 0.225 e. The molecule has 0 aliphatic heterocycles. The SMILES string of the molecule is C=CCN(C)CCCC1CCC(N(C)c2ncc(Br)cn2)CC1. The van der Waals surface area contributed by atoms with E-state index in [2.05, 4.69) is 56.4 Å². The molecule has 0 aromatic carbocycles. The van der Waals surface area contributed by atoms with E-state index >= 15 is 0 Å². The third-order valence-corrected chi connectivity index (χ3v) is 5.29. The van der Waals surface area contributed by atoms with E-state index in [-0.39, 0.29) is 0 Å². The molecule has 1 aromatic heterocycles. The van der Waals surface area contributed by atoms with Gasteiger partial charge in [0.15, 0.2) is 0 Å². The fraction of sp³-hybridized carbons (Fsp3) is 0.667. The Morgan fingerprint density at radius 3 is 2.48 bits per heavy atom. The van der Waals surface area contributed by atoms with Crippen LogP contribution in [-0.2, 0) is 0 Å². The van der Waals surface area contributed by atoms with E-state index in [4.69, 9.17) is 0 Å². The van der Waals surface area contributed by atoms with E-state index in [1.165, 1.54) is 45.1 Å². The van der Waals surface area contributed by atoms with Gasteiger partial charge >= 0.3 is 0 Å². The fourth-order valence-corrected chi connectivity index (χ4v) is 3.64. The monoisotopic (exact) mass is 380 g/mol. The van der Waals surface area contributed by atoms with Crippen molar-refractivity contribution in [1.82, 2.24) is 14.9 Å². The van der Waals surface area contributed by atoms with E-state index in [9.17, 15) is 0 Å². The zero-order chi connectivity index (χ0) is 16.7. The summed E-state index contributed by atoms with van der Waals surface area (Å²) in [4.78, 5) is 13.4. The Morgan fingerprint density at radius 2 is 1.87 bits per heavy atom. The molecule has 0 saturated heterocycles. The summed E-state index contributed by atoms with van der Waals surface area (Å²) in [5.41, 5.74) is 0. The number of hydrogen-bond acceptors (Lipinski definition) is 4. The van der Waals surface area contributed by atoms with Gasteiger partial charge in [-0.1, -0.05) is 6.08 Å². The first-order chi connectivity index (χ1) is 11.1. The predicted octanol–water partition coefficient (Wildman–Crippen LogP) is 4.13. The van der Waals surface area contributed by atoms with Crippen molar-refractivity contribution in [3.05, 3.63) is 29.5 Å². The minimum atomic E-state index is 0.580. The van der Waals surface area contributed by atoms with Crippen molar-refractivity contribution in [2.75, 3.05) is 32.1 Å². The second-order valence-corrected chi connectivity index (χ2v) is 7.60. The Kier molecular flexibility index (Phi) is 7.50. The molecule has 0 bridgehead atoms. The molecule has 1 aliphatic rings. The summed E-state index contributed by atoms with van der Waals surface area (Å²) >= 11 is 3.39. The molecule has 1 heterocycles. The zero-order valence-electron chi connectivity index (χ0n) is 14.4. The molecule has 5 heteroatoms. The molecule has 1 saturated carbocycles. The third-order valence-electron chi connectivity index (χ3n) is 4.88. The lowest BCUT2D eigenvalue weighted by atomic mass is 9.83.